The van der Waals surface area contributed by atoms with E-state index in [1.54, 1.807) is 0 Å². The predicted octanol–water partition coefficient (Wildman–Crippen LogP) is 0.100. The highest BCUT2D eigenvalue weighted by Gasteiger charge is 2.40. The lowest BCUT2D eigenvalue weighted by molar-refractivity contribution is -0.242. The molecule has 0 amide bonds. The summed E-state index contributed by atoms with van der Waals surface area (Å²) in [5.74, 6) is -3.16. The number of hydrogen-bond donors (Lipinski definition) is 7. The monoisotopic (exact) mass is 434 g/mol. The molecule has 1 aromatic heterocycles. The fourth-order valence-corrected chi connectivity index (χ4v) is 3.22. The van der Waals surface area contributed by atoms with Crippen LogP contribution >= 0.6 is 0 Å². The van der Waals surface area contributed by atoms with Crippen LogP contribution in [0.4, 0.5) is 0 Å². The highest BCUT2D eigenvalue weighted by Crippen LogP contribution is 2.43. The van der Waals surface area contributed by atoms with E-state index in [1.807, 2.05) is 0 Å². The molecule has 164 valence electrons. The van der Waals surface area contributed by atoms with Gasteiger partial charge in [0.1, 0.15) is 35.2 Å². The third kappa shape index (κ3) is 3.49. The van der Waals surface area contributed by atoms with Gasteiger partial charge in [-0.25, -0.2) is 0 Å². The van der Waals surface area contributed by atoms with Crippen LogP contribution in [0.1, 0.15) is 0 Å². The van der Waals surface area contributed by atoms with Crippen molar-refractivity contribution in [1.82, 2.24) is 0 Å². The number of phenols is 3. The van der Waals surface area contributed by atoms with E-state index in [1.165, 1.54) is 24.3 Å². The summed E-state index contributed by atoms with van der Waals surface area (Å²) in [5, 5.41) is 69.2. The van der Waals surface area contributed by atoms with E-state index >= 15 is 0 Å². The molecule has 4 rings (SSSR count). The maximum atomic E-state index is 12.7. The van der Waals surface area contributed by atoms with Gasteiger partial charge >= 0.3 is 0 Å². The summed E-state index contributed by atoms with van der Waals surface area (Å²) in [6.45, 7) is -0.386. The normalized spacial score (nSPS) is 23.7. The lowest BCUT2D eigenvalue weighted by atomic mass is 10.1. The SMILES string of the molecule is O=c1c(O)c(-c2ccc(O)cc2)oc2c(O[C@H]3OC[C@@H](O)[C@H](O)[C@@H]3O)c(O)cc(O)c12. The number of rotatable bonds is 3. The quantitative estimate of drug-likeness (QED) is 0.296. The van der Waals surface area contributed by atoms with E-state index < -0.39 is 64.0 Å². The van der Waals surface area contributed by atoms with Crippen molar-refractivity contribution in [2.24, 2.45) is 0 Å². The van der Waals surface area contributed by atoms with E-state index in [2.05, 4.69) is 0 Å². The van der Waals surface area contributed by atoms with E-state index in [0.717, 1.165) is 6.07 Å². The molecule has 0 spiro atoms. The van der Waals surface area contributed by atoms with Gasteiger partial charge in [-0.3, -0.25) is 4.79 Å². The Morgan fingerprint density at radius 3 is 2.29 bits per heavy atom. The van der Waals surface area contributed by atoms with Gasteiger partial charge < -0.3 is 49.6 Å². The second-order valence-corrected chi connectivity index (χ2v) is 6.97. The molecule has 2 heterocycles. The molecule has 3 aromatic rings. The van der Waals surface area contributed by atoms with Crippen LogP contribution in [0.5, 0.6) is 28.7 Å². The van der Waals surface area contributed by atoms with Crippen molar-refractivity contribution in [3.8, 4) is 40.1 Å². The maximum absolute atomic E-state index is 12.7. The Morgan fingerprint density at radius 2 is 1.61 bits per heavy atom. The number of aliphatic hydroxyl groups excluding tert-OH is 3. The van der Waals surface area contributed by atoms with Crippen molar-refractivity contribution in [3.63, 3.8) is 0 Å². The van der Waals surface area contributed by atoms with Gasteiger partial charge in [-0.15, -0.1) is 0 Å². The Bertz CT molecular complexity index is 1180. The Balaban J connectivity index is 1.89. The molecule has 1 aliphatic heterocycles. The van der Waals surface area contributed by atoms with Crippen LogP contribution < -0.4 is 10.2 Å². The zero-order chi connectivity index (χ0) is 22.4. The summed E-state index contributed by atoms with van der Waals surface area (Å²) >= 11 is 0. The Kier molecular flexibility index (Phi) is 5.11. The lowest BCUT2D eigenvalue weighted by Gasteiger charge is -2.35. The first-order valence-electron chi connectivity index (χ1n) is 9.05. The summed E-state index contributed by atoms with van der Waals surface area (Å²) in [6.07, 6.45) is -6.25. The van der Waals surface area contributed by atoms with Gasteiger partial charge in [-0.1, -0.05) is 0 Å². The van der Waals surface area contributed by atoms with Crippen molar-refractivity contribution in [3.05, 3.63) is 40.6 Å². The van der Waals surface area contributed by atoms with Crippen molar-refractivity contribution in [1.29, 1.82) is 0 Å². The minimum absolute atomic E-state index is 0.0742. The third-order valence-electron chi connectivity index (χ3n) is 4.87. The number of fused-ring (bicyclic) bond motifs is 1. The lowest BCUT2D eigenvalue weighted by Crippen LogP contribution is -2.54. The number of aromatic hydroxyl groups is 4. The number of ether oxygens (including phenoxy) is 2. The van der Waals surface area contributed by atoms with E-state index in [-0.39, 0.29) is 23.7 Å². The van der Waals surface area contributed by atoms with E-state index in [0.29, 0.717) is 0 Å². The molecule has 0 bridgehead atoms. The second-order valence-electron chi connectivity index (χ2n) is 6.97. The second kappa shape index (κ2) is 7.63. The molecule has 1 fully saturated rings. The Morgan fingerprint density at radius 1 is 0.935 bits per heavy atom. The highest BCUT2D eigenvalue weighted by molar-refractivity contribution is 5.93. The zero-order valence-corrected chi connectivity index (χ0v) is 15.7. The van der Waals surface area contributed by atoms with Gasteiger partial charge in [-0.2, -0.15) is 0 Å². The van der Waals surface area contributed by atoms with Crippen LogP contribution in [0.25, 0.3) is 22.3 Å². The number of hydrogen-bond acceptors (Lipinski definition) is 11. The van der Waals surface area contributed by atoms with Crippen molar-refractivity contribution in [2.75, 3.05) is 6.61 Å². The molecular formula is C20H18O11. The summed E-state index contributed by atoms with van der Waals surface area (Å²) in [6, 6.07) is 6.06. The van der Waals surface area contributed by atoms with Crippen LogP contribution in [0.3, 0.4) is 0 Å². The molecule has 0 aliphatic carbocycles. The highest BCUT2D eigenvalue weighted by atomic mass is 16.7. The minimum atomic E-state index is -1.72. The molecule has 2 aromatic carbocycles. The molecule has 31 heavy (non-hydrogen) atoms. The number of aliphatic hydroxyl groups is 3. The van der Waals surface area contributed by atoms with Crippen LogP contribution in [-0.4, -0.2) is 67.0 Å². The van der Waals surface area contributed by atoms with Gasteiger partial charge in [0, 0.05) is 11.6 Å². The maximum Gasteiger partial charge on any atom is 0.238 e. The molecule has 11 nitrogen and oxygen atoms in total. The van der Waals surface area contributed by atoms with Crippen LogP contribution in [0.15, 0.2) is 39.5 Å². The molecule has 1 saturated heterocycles. The largest absolute Gasteiger partial charge is 0.508 e. The Hall–Kier alpha value is -3.51. The van der Waals surface area contributed by atoms with Crippen molar-refractivity contribution in [2.45, 2.75) is 24.6 Å². The first-order chi connectivity index (χ1) is 14.7. The first-order valence-corrected chi connectivity index (χ1v) is 9.05. The summed E-state index contributed by atoms with van der Waals surface area (Å²) in [5.41, 5.74) is -1.32. The van der Waals surface area contributed by atoms with Gasteiger partial charge in [0.05, 0.1) is 6.61 Å². The van der Waals surface area contributed by atoms with Gasteiger partial charge in [0.25, 0.3) is 0 Å². The fourth-order valence-electron chi connectivity index (χ4n) is 3.22. The number of phenolic OH excluding ortho intramolecular Hbond substituents is 3. The van der Waals surface area contributed by atoms with Crippen molar-refractivity contribution < 1.29 is 49.6 Å². The van der Waals surface area contributed by atoms with Crippen molar-refractivity contribution >= 4 is 11.0 Å². The molecule has 11 heteroatoms. The van der Waals surface area contributed by atoms with Crippen LogP contribution in [-0.2, 0) is 4.74 Å². The summed E-state index contributed by atoms with van der Waals surface area (Å²) in [4.78, 5) is 12.7. The van der Waals surface area contributed by atoms with Crippen LogP contribution in [0.2, 0.25) is 0 Å². The molecule has 0 radical (unpaired) electrons. The minimum Gasteiger partial charge on any atom is -0.508 e. The standard InChI is InChI=1S/C20H18O11/c21-8-3-1-7(2-4-8)17-15(27)14(26)12-9(22)5-10(23)18(19(12)30-17)31-20-16(28)13(25)11(24)6-29-20/h1-5,11,13,16,20-25,27-28H,6H2/t11-,13+,16+,20-/m1/s1. The summed E-state index contributed by atoms with van der Waals surface area (Å²) in [7, 11) is 0. The Labute approximate surface area is 173 Å². The number of benzene rings is 2. The first kappa shape index (κ1) is 20.8. The third-order valence-corrected chi connectivity index (χ3v) is 4.87. The molecule has 0 unspecified atom stereocenters. The van der Waals surface area contributed by atoms with Crippen LogP contribution in [0, 0.1) is 0 Å². The average Bonchev–Trinajstić information content (AvgIpc) is 2.73. The molecule has 1 aliphatic rings. The molecular weight excluding hydrogens is 416 g/mol. The molecule has 0 saturated carbocycles. The van der Waals surface area contributed by atoms with E-state index in [9.17, 15) is 40.5 Å². The van der Waals surface area contributed by atoms with Gasteiger partial charge in [-0.05, 0) is 24.3 Å². The van der Waals surface area contributed by atoms with Gasteiger partial charge in [0.15, 0.2) is 17.1 Å². The van der Waals surface area contributed by atoms with E-state index in [4.69, 9.17) is 13.9 Å². The zero-order valence-electron chi connectivity index (χ0n) is 15.7. The van der Waals surface area contributed by atoms with Gasteiger partial charge in [0.2, 0.25) is 23.2 Å². The smallest absolute Gasteiger partial charge is 0.238 e. The molecule has 4 atom stereocenters. The molecule has 7 N–H and O–H groups in total. The fraction of sp³-hybridized carbons (Fsp3) is 0.250. The average molecular weight is 434 g/mol. The topological polar surface area (TPSA) is 190 Å². The summed E-state index contributed by atoms with van der Waals surface area (Å²) < 4.78 is 16.2. The predicted molar refractivity (Wildman–Crippen MR) is 103 cm³/mol.